The number of phosphoric ester groups is 1. The highest BCUT2D eigenvalue weighted by molar-refractivity contribution is 7.61. The average Bonchev–Trinajstić information content (AvgIpc) is 3.84. The third-order valence-electron chi connectivity index (χ3n) is 9.59. The molecule has 2 rings (SSSR count). The molecule has 51 heavy (non-hydrogen) atoms. The van der Waals surface area contributed by atoms with Crippen molar-refractivity contribution in [3.05, 3.63) is 69.9 Å². The highest BCUT2D eigenvalue weighted by Gasteiger charge is 2.47. The predicted octanol–water partition coefficient (Wildman–Crippen LogP) is 12.0. The van der Waals surface area contributed by atoms with E-state index in [0.717, 1.165) is 88.2 Å². The number of allylic oxidation sites excluding steroid dienone is 10. The van der Waals surface area contributed by atoms with Crippen LogP contribution in [0.4, 0.5) is 0 Å². The largest absolute Gasteiger partial charge is 0.484 e. The fourth-order valence-electron chi connectivity index (χ4n) is 5.75. The van der Waals surface area contributed by atoms with E-state index >= 15 is 0 Å². The van der Waals surface area contributed by atoms with E-state index in [1.165, 1.54) is 22.3 Å². The summed E-state index contributed by atoms with van der Waals surface area (Å²) in [5.74, 6) is 0. The Bertz CT molecular complexity index is 1300. The minimum Gasteiger partial charge on any atom is -0.367 e. The van der Waals surface area contributed by atoms with Crippen LogP contribution in [-0.2, 0) is 32.0 Å². The summed E-state index contributed by atoms with van der Waals surface area (Å²) in [7, 11) is -9.62. The molecule has 2 heterocycles. The van der Waals surface area contributed by atoms with Gasteiger partial charge >= 0.3 is 15.6 Å². The van der Waals surface area contributed by atoms with Gasteiger partial charge in [0.05, 0.1) is 36.6 Å². The highest BCUT2D eigenvalue weighted by Crippen LogP contribution is 2.61. The summed E-state index contributed by atoms with van der Waals surface area (Å²) in [6, 6.07) is 0. The first-order valence-electron chi connectivity index (χ1n) is 18.6. The van der Waals surface area contributed by atoms with Crippen molar-refractivity contribution in [1.29, 1.82) is 0 Å². The summed E-state index contributed by atoms with van der Waals surface area (Å²) >= 11 is 0. The Balaban J connectivity index is 1.70. The van der Waals surface area contributed by atoms with Crippen molar-refractivity contribution in [1.82, 2.24) is 0 Å². The smallest absolute Gasteiger partial charge is 0.367 e. The number of hydrogen-bond donors (Lipinski definition) is 2. The molecule has 9 nitrogen and oxygen atoms in total. The quantitative estimate of drug-likeness (QED) is 0.0504. The molecule has 2 saturated heterocycles. The molecule has 2 N–H and O–H groups in total. The van der Waals surface area contributed by atoms with Gasteiger partial charge < -0.3 is 19.3 Å². The summed E-state index contributed by atoms with van der Waals surface area (Å²) in [6.45, 7) is 20.8. The molecule has 0 aromatic heterocycles. The van der Waals surface area contributed by atoms with Crippen LogP contribution in [0.5, 0.6) is 0 Å². The van der Waals surface area contributed by atoms with Crippen LogP contribution in [0.2, 0.25) is 0 Å². The second-order valence-electron chi connectivity index (χ2n) is 15.6. The normalized spacial score (nSPS) is 22.7. The number of hydrogen-bond acceptors (Lipinski definition) is 7. The fourth-order valence-corrected chi connectivity index (χ4v) is 7.76. The lowest BCUT2D eigenvalue weighted by Crippen LogP contribution is -2.02. The van der Waals surface area contributed by atoms with Crippen molar-refractivity contribution in [3.63, 3.8) is 0 Å². The second kappa shape index (κ2) is 21.5. The zero-order valence-corrected chi connectivity index (χ0v) is 35.0. The highest BCUT2D eigenvalue weighted by atomic mass is 31.3. The first kappa shape index (κ1) is 45.8. The van der Waals surface area contributed by atoms with E-state index in [0.29, 0.717) is 12.2 Å². The molecule has 2 aliphatic heterocycles. The zero-order chi connectivity index (χ0) is 38.3. The van der Waals surface area contributed by atoms with Gasteiger partial charge in [-0.05, 0) is 146 Å². The standard InChI is InChI=1S/C40H68O9P2/c1-31(15-11-19-33(3)23-25-37-39(7,8)47-37)17-13-21-35(5)27-29-45-51(44,49-50(41,42)43)46-30-28-36(6)22-14-18-32(2)16-12-20-34(4)24-26-38-40(9,10)48-38/h17-20,27-28,37-38H,11-16,21-26,29-30H2,1-10H3,(H2,41,42,43)/b31-17+,32-18+,33-19+,34-20+,35-27+,36-28+. The Morgan fingerprint density at radius 3 is 1.10 bits per heavy atom. The molecule has 292 valence electrons. The number of rotatable bonds is 26. The number of epoxide rings is 2. The first-order valence-corrected chi connectivity index (χ1v) is 21.6. The van der Waals surface area contributed by atoms with Gasteiger partial charge in [-0.15, -0.1) is 0 Å². The lowest BCUT2D eigenvalue weighted by molar-refractivity contribution is 0.159. The van der Waals surface area contributed by atoms with Crippen LogP contribution in [0, 0.1) is 0 Å². The van der Waals surface area contributed by atoms with Crippen LogP contribution >= 0.6 is 15.6 Å². The Kier molecular flexibility index (Phi) is 19.3. The minimum absolute atomic E-state index is 0.0539. The molecular formula is C40H68O9P2. The molecule has 11 heteroatoms. The lowest BCUT2D eigenvalue weighted by Gasteiger charge is -2.17. The van der Waals surface area contributed by atoms with Crippen LogP contribution < -0.4 is 0 Å². The third-order valence-corrected chi connectivity index (χ3v) is 12.2. The number of ether oxygens (including phenoxy) is 2. The lowest BCUT2D eigenvalue weighted by atomic mass is 10.0. The van der Waals surface area contributed by atoms with Gasteiger partial charge in [-0.2, -0.15) is 4.31 Å². The van der Waals surface area contributed by atoms with Gasteiger partial charge in [0.2, 0.25) is 0 Å². The van der Waals surface area contributed by atoms with Crippen LogP contribution in [0.15, 0.2) is 69.9 Å². The monoisotopic (exact) mass is 754 g/mol. The van der Waals surface area contributed by atoms with Crippen LogP contribution in [-0.4, -0.2) is 46.4 Å². The van der Waals surface area contributed by atoms with Crippen molar-refractivity contribution in [2.75, 3.05) is 13.2 Å². The SMILES string of the molecule is C/C(=C\CC/C(C)=C/COP(=O)(OC/C=C(\C)CC/C=C(\C)CC/C=C(\C)CCC1OC1(C)C)OP(=O)(O)O)CC/C=C(\C)CCC1OC1(C)C. The molecule has 2 atom stereocenters. The van der Waals surface area contributed by atoms with E-state index in [9.17, 15) is 18.9 Å². The van der Waals surface area contributed by atoms with E-state index in [2.05, 4.69) is 84.0 Å². The van der Waals surface area contributed by atoms with Crippen molar-refractivity contribution >= 4 is 15.6 Å². The maximum absolute atomic E-state index is 13.0. The molecule has 0 aliphatic carbocycles. The molecule has 0 aromatic carbocycles. The van der Waals surface area contributed by atoms with Crippen LogP contribution in [0.25, 0.3) is 0 Å². The molecule has 2 unspecified atom stereocenters. The molecule has 0 aromatic rings. The Hall–Kier alpha value is -1.38. The summed E-state index contributed by atoms with van der Waals surface area (Å²) in [5.41, 5.74) is 7.58. The van der Waals surface area contributed by atoms with E-state index < -0.39 is 15.6 Å². The average molecular weight is 755 g/mol. The van der Waals surface area contributed by atoms with Crippen molar-refractivity contribution < 1.29 is 41.7 Å². The number of phosphoric acid groups is 2. The Labute approximate surface area is 309 Å². The summed E-state index contributed by atoms with van der Waals surface area (Å²) < 4.78 is 51.0. The molecular weight excluding hydrogens is 686 g/mol. The molecule has 0 saturated carbocycles. The second-order valence-corrected chi connectivity index (χ2v) is 18.6. The van der Waals surface area contributed by atoms with Gasteiger partial charge in [-0.25, -0.2) is 9.13 Å². The molecule has 2 aliphatic rings. The maximum Gasteiger partial charge on any atom is 0.484 e. The van der Waals surface area contributed by atoms with Crippen LogP contribution in [0.3, 0.4) is 0 Å². The van der Waals surface area contributed by atoms with E-state index in [1.807, 2.05) is 13.8 Å². The van der Waals surface area contributed by atoms with Gasteiger partial charge in [0.1, 0.15) is 0 Å². The summed E-state index contributed by atoms with van der Waals surface area (Å²) in [4.78, 5) is 18.7. The topological polar surface area (TPSA) is 127 Å². The fraction of sp³-hybridized carbons (Fsp3) is 0.700. The summed E-state index contributed by atoms with van der Waals surface area (Å²) in [5, 5.41) is 0. The zero-order valence-electron chi connectivity index (χ0n) is 33.2. The third kappa shape index (κ3) is 21.2. The first-order chi connectivity index (χ1) is 23.7. The van der Waals surface area contributed by atoms with E-state index in [4.69, 9.17) is 18.5 Å². The van der Waals surface area contributed by atoms with Gasteiger partial charge in [0, 0.05) is 0 Å². The molecule has 0 amide bonds. The Morgan fingerprint density at radius 2 is 0.824 bits per heavy atom. The van der Waals surface area contributed by atoms with Gasteiger partial charge in [0.15, 0.2) is 0 Å². The molecule has 0 bridgehead atoms. The predicted molar refractivity (Wildman–Crippen MR) is 208 cm³/mol. The van der Waals surface area contributed by atoms with Gasteiger partial charge in [-0.3, -0.25) is 9.05 Å². The van der Waals surface area contributed by atoms with Crippen LogP contribution in [0.1, 0.15) is 146 Å². The van der Waals surface area contributed by atoms with Crippen molar-refractivity contribution in [2.24, 2.45) is 0 Å². The van der Waals surface area contributed by atoms with Gasteiger partial charge in [0.25, 0.3) is 0 Å². The minimum atomic E-state index is -5.12. The molecule has 0 radical (unpaired) electrons. The van der Waals surface area contributed by atoms with Crippen molar-refractivity contribution in [2.45, 2.75) is 170 Å². The molecule has 0 spiro atoms. The Morgan fingerprint density at radius 1 is 0.549 bits per heavy atom. The van der Waals surface area contributed by atoms with E-state index in [-0.39, 0.29) is 24.4 Å². The summed E-state index contributed by atoms with van der Waals surface area (Å²) in [6.07, 6.45) is 24.9. The van der Waals surface area contributed by atoms with E-state index in [1.54, 1.807) is 12.2 Å². The molecule has 2 fully saturated rings. The van der Waals surface area contributed by atoms with Crippen molar-refractivity contribution in [3.8, 4) is 0 Å². The maximum atomic E-state index is 13.0. The van der Waals surface area contributed by atoms with Gasteiger partial charge in [-0.1, -0.05) is 69.9 Å².